The Morgan fingerprint density at radius 3 is 2.44 bits per heavy atom. The van der Waals surface area contributed by atoms with Crippen LogP contribution in [0.3, 0.4) is 0 Å². The normalized spacial score (nSPS) is 17.5. The van der Waals surface area contributed by atoms with Crippen LogP contribution in [0.1, 0.15) is 22.9 Å². The molecule has 0 bridgehead atoms. The molecule has 1 unspecified atom stereocenters. The average Bonchev–Trinajstić information content (AvgIpc) is 3.06. The number of carbonyl (C=O) groups is 2. The fraction of sp³-hybridized carbons (Fsp3) is 0.0870. The molecule has 0 saturated carbocycles. The summed E-state index contributed by atoms with van der Waals surface area (Å²) in [5.74, 6) is -2.61. The van der Waals surface area contributed by atoms with Gasteiger partial charge in [0, 0.05) is 23.9 Å². The highest BCUT2D eigenvalue weighted by Gasteiger charge is 2.48. The minimum Gasteiger partial charge on any atom is -0.507 e. The van der Waals surface area contributed by atoms with E-state index in [2.05, 4.69) is 4.98 Å². The summed E-state index contributed by atoms with van der Waals surface area (Å²) in [4.78, 5) is 41.8. The lowest BCUT2D eigenvalue weighted by atomic mass is 9.98. The molecule has 2 N–H and O–H groups in total. The van der Waals surface area contributed by atoms with Gasteiger partial charge in [0.25, 0.3) is 17.4 Å². The molecule has 1 fully saturated rings. The van der Waals surface area contributed by atoms with Crippen LogP contribution >= 0.6 is 0 Å². The van der Waals surface area contributed by atoms with Crippen LogP contribution in [0.2, 0.25) is 0 Å². The summed E-state index contributed by atoms with van der Waals surface area (Å²) in [6.07, 6.45) is 1.48. The van der Waals surface area contributed by atoms with E-state index in [1.807, 2.05) is 0 Å². The van der Waals surface area contributed by atoms with E-state index >= 15 is 0 Å². The number of ketones is 1. The van der Waals surface area contributed by atoms with Crippen LogP contribution in [-0.4, -0.2) is 31.8 Å². The zero-order valence-corrected chi connectivity index (χ0v) is 16.8. The maximum absolute atomic E-state index is 13.0. The van der Waals surface area contributed by atoms with Gasteiger partial charge in [-0.05, 0) is 48.9 Å². The summed E-state index contributed by atoms with van der Waals surface area (Å²) in [5.41, 5.74) is 0.857. The molecule has 1 atom stereocenters. The SMILES string of the molecule is Cc1ccc(O)c(N2C(=O)C(=O)/C(=C(\O)c3ccc([N+](=O)[O-])cc3)C2c2ccccn2)c1. The third kappa shape index (κ3) is 3.45. The lowest BCUT2D eigenvalue weighted by molar-refractivity contribution is -0.384. The van der Waals surface area contributed by atoms with Crippen molar-refractivity contribution in [3.05, 3.63) is 99.4 Å². The van der Waals surface area contributed by atoms with Crippen molar-refractivity contribution in [2.45, 2.75) is 13.0 Å². The van der Waals surface area contributed by atoms with Crippen LogP contribution in [0, 0.1) is 17.0 Å². The first kappa shape index (κ1) is 20.7. The highest BCUT2D eigenvalue weighted by Crippen LogP contribution is 2.44. The number of hydrogen-bond acceptors (Lipinski definition) is 7. The number of aromatic hydroxyl groups is 1. The third-order valence-electron chi connectivity index (χ3n) is 5.15. The summed E-state index contributed by atoms with van der Waals surface area (Å²) in [7, 11) is 0. The van der Waals surface area contributed by atoms with Gasteiger partial charge in [-0.2, -0.15) is 0 Å². The third-order valence-corrected chi connectivity index (χ3v) is 5.15. The Balaban J connectivity index is 1.94. The molecule has 4 rings (SSSR count). The standard InChI is InChI=1S/C23H17N3O6/c1-13-5-10-18(27)17(12-13)25-20(16-4-2-3-11-24-16)19(22(29)23(25)30)21(28)14-6-8-15(9-7-14)26(31)32/h2-12,20,27-28H,1H3/b21-19-. The Morgan fingerprint density at radius 1 is 1.09 bits per heavy atom. The topological polar surface area (TPSA) is 134 Å². The molecule has 9 heteroatoms. The number of nitro groups is 1. The molecule has 1 aliphatic heterocycles. The quantitative estimate of drug-likeness (QED) is 0.212. The minimum atomic E-state index is -1.11. The number of pyridine rings is 1. The van der Waals surface area contributed by atoms with Gasteiger partial charge in [0.2, 0.25) is 0 Å². The Bertz CT molecular complexity index is 1270. The van der Waals surface area contributed by atoms with Crippen LogP contribution in [-0.2, 0) is 9.59 Å². The molecular formula is C23H17N3O6. The first-order valence-corrected chi connectivity index (χ1v) is 9.56. The molecule has 2 aromatic carbocycles. The molecule has 0 spiro atoms. The molecule has 160 valence electrons. The molecule has 0 radical (unpaired) electrons. The van der Waals surface area contributed by atoms with E-state index in [4.69, 9.17) is 0 Å². The van der Waals surface area contributed by atoms with E-state index in [1.54, 1.807) is 37.3 Å². The molecule has 0 aliphatic carbocycles. The number of anilines is 1. The van der Waals surface area contributed by atoms with Crippen molar-refractivity contribution in [1.29, 1.82) is 0 Å². The van der Waals surface area contributed by atoms with Crippen LogP contribution in [0.4, 0.5) is 11.4 Å². The number of aliphatic hydroxyl groups excluding tert-OH is 1. The second-order valence-electron chi connectivity index (χ2n) is 7.22. The number of benzene rings is 2. The fourth-order valence-corrected chi connectivity index (χ4v) is 3.62. The highest BCUT2D eigenvalue weighted by molar-refractivity contribution is 6.51. The van der Waals surface area contributed by atoms with Crippen molar-refractivity contribution < 1.29 is 24.7 Å². The number of nitro benzene ring substituents is 1. The smallest absolute Gasteiger partial charge is 0.300 e. The van der Waals surface area contributed by atoms with Gasteiger partial charge < -0.3 is 10.2 Å². The van der Waals surface area contributed by atoms with E-state index in [0.29, 0.717) is 5.69 Å². The Morgan fingerprint density at radius 2 is 1.81 bits per heavy atom. The number of aryl methyl sites for hydroxylation is 1. The first-order chi connectivity index (χ1) is 15.3. The maximum Gasteiger partial charge on any atom is 0.300 e. The van der Waals surface area contributed by atoms with Crippen LogP contribution < -0.4 is 4.90 Å². The number of aromatic nitrogens is 1. The first-order valence-electron chi connectivity index (χ1n) is 9.56. The fourth-order valence-electron chi connectivity index (χ4n) is 3.62. The molecule has 1 aliphatic rings. The number of non-ortho nitro benzene ring substituents is 1. The van der Waals surface area contributed by atoms with Crippen LogP contribution in [0.5, 0.6) is 5.75 Å². The largest absolute Gasteiger partial charge is 0.507 e. The van der Waals surface area contributed by atoms with Crippen molar-refractivity contribution in [2.24, 2.45) is 0 Å². The van der Waals surface area contributed by atoms with E-state index < -0.39 is 28.4 Å². The molecule has 3 aromatic rings. The molecule has 1 amide bonds. The predicted octanol–water partition coefficient (Wildman–Crippen LogP) is 3.63. The van der Waals surface area contributed by atoms with Crippen molar-refractivity contribution in [3.8, 4) is 5.75 Å². The summed E-state index contributed by atoms with van der Waals surface area (Å²) >= 11 is 0. The number of amides is 1. The predicted molar refractivity (Wildman–Crippen MR) is 115 cm³/mol. The Kier molecular flexibility index (Phi) is 5.15. The van der Waals surface area contributed by atoms with Gasteiger partial charge in [0.15, 0.2) is 0 Å². The summed E-state index contributed by atoms with van der Waals surface area (Å²) in [6, 6.07) is 13.4. The van der Waals surface area contributed by atoms with E-state index in [1.165, 1.54) is 36.5 Å². The average molecular weight is 431 g/mol. The van der Waals surface area contributed by atoms with Gasteiger partial charge in [-0.15, -0.1) is 0 Å². The number of Topliss-reactive ketones (excluding diaryl/α,β-unsaturated/α-hetero) is 1. The molecule has 1 saturated heterocycles. The summed E-state index contributed by atoms with van der Waals surface area (Å²) < 4.78 is 0. The second-order valence-corrected chi connectivity index (χ2v) is 7.22. The molecule has 9 nitrogen and oxygen atoms in total. The summed E-state index contributed by atoms with van der Waals surface area (Å²) in [5, 5.41) is 32.3. The van der Waals surface area contributed by atoms with E-state index in [9.17, 15) is 29.9 Å². The monoisotopic (exact) mass is 431 g/mol. The van der Waals surface area contributed by atoms with Gasteiger partial charge in [0.05, 0.1) is 21.9 Å². The maximum atomic E-state index is 13.0. The Labute approximate surface area is 182 Å². The lowest BCUT2D eigenvalue weighted by Gasteiger charge is -2.25. The van der Waals surface area contributed by atoms with Gasteiger partial charge in [-0.1, -0.05) is 12.1 Å². The van der Waals surface area contributed by atoms with Crippen molar-refractivity contribution in [3.63, 3.8) is 0 Å². The number of nitrogens with zero attached hydrogens (tertiary/aromatic N) is 3. The van der Waals surface area contributed by atoms with Gasteiger partial charge in [0.1, 0.15) is 17.6 Å². The minimum absolute atomic E-state index is 0.102. The molecule has 32 heavy (non-hydrogen) atoms. The van der Waals surface area contributed by atoms with Crippen LogP contribution in [0.15, 0.2) is 72.4 Å². The zero-order valence-electron chi connectivity index (χ0n) is 16.8. The highest BCUT2D eigenvalue weighted by atomic mass is 16.6. The molecular weight excluding hydrogens is 414 g/mol. The van der Waals surface area contributed by atoms with Crippen molar-refractivity contribution in [1.82, 2.24) is 4.98 Å². The Hall–Kier alpha value is -4.53. The number of carbonyl (C=O) groups excluding carboxylic acids is 2. The van der Waals surface area contributed by atoms with Gasteiger partial charge >= 0.3 is 0 Å². The molecule has 2 heterocycles. The number of hydrogen-bond donors (Lipinski definition) is 2. The number of aliphatic hydroxyl groups is 1. The number of rotatable bonds is 4. The van der Waals surface area contributed by atoms with E-state index in [-0.39, 0.29) is 28.3 Å². The summed E-state index contributed by atoms with van der Waals surface area (Å²) in [6.45, 7) is 1.77. The van der Waals surface area contributed by atoms with Crippen LogP contribution in [0.25, 0.3) is 5.76 Å². The molecule has 1 aromatic heterocycles. The van der Waals surface area contributed by atoms with Crippen molar-refractivity contribution in [2.75, 3.05) is 4.90 Å². The van der Waals surface area contributed by atoms with E-state index in [0.717, 1.165) is 10.5 Å². The number of phenols is 1. The van der Waals surface area contributed by atoms with Gasteiger partial charge in [-0.3, -0.25) is 29.6 Å². The lowest BCUT2D eigenvalue weighted by Crippen LogP contribution is -2.30. The second kappa shape index (κ2) is 7.95. The van der Waals surface area contributed by atoms with Gasteiger partial charge in [-0.25, -0.2) is 0 Å². The zero-order chi connectivity index (χ0) is 23.0. The number of phenolic OH excluding ortho intramolecular Hbond substituents is 1. The van der Waals surface area contributed by atoms with Crippen molar-refractivity contribution >= 4 is 28.8 Å².